The average Bonchev–Trinajstić information content (AvgIpc) is 1.93. The van der Waals surface area contributed by atoms with Crippen molar-refractivity contribution in [2.24, 2.45) is 0 Å². The topological polar surface area (TPSA) is 46.2 Å². The van der Waals surface area contributed by atoms with Gasteiger partial charge in [0, 0.05) is 0 Å². The van der Waals surface area contributed by atoms with Gasteiger partial charge in [0.2, 0.25) is 0 Å². The van der Waals surface area contributed by atoms with Crippen LogP contribution >= 0.6 is 12.6 Å². The van der Waals surface area contributed by atoms with Gasteiger partial charge in [-0.05, 0) is 0 Å². The summed E-state index contributed by atoms with van der Waals surface area (Å²) in [5.41, 5.74) is 5.76. The van der Waals surface area contributed by atoms with Gasteiger partial charge in [-0.1, -0.05) is 0 Å². The Morgan fingerprint density at radius 3 is 2.60 bits per heavy atom. The second kappa shape index (κ2) is 2.74. The molecule has 1 radical (unpaired) electrons. The molecule has 0 aliphatic carbocycles. The van der Waals surface area contributed by atoms with Crippen molar-refractivity contribution in [3.05, 3.63) is 12.1 Å². The number of hydrogen-bond acceptors (Lipinski definition) is 3. The molecule has 53 valence electrons. The molecule has 0 aliphatic heterocycles. The molecule has 4 heteroatoms. The standard InChI is InChI=1S/C6H6NOSSe/c7-5-3(8)1-2-4(10)6(5)9/h1-2,8-9H,7H2. The number of thiol groups is 1. The van der Waals surface area contributed by atoms with E-state index in [1.54, 1.807) is 6.07 Å². The van der Waals surface area contributed by atoms with Gasteiger partial charge < -0.3 is 0 Å². The van der Waals surface area contributed by atoms with Gasteiger partial charge in [0.05, 0.1) is 0 Å². The number of anilines is 1. The monoisotopic (exact) mass is 220 g/mol. The summed E-state index contributed by atoms with van der Waals surface area (Å²) in [4.78, 5) is 0.597. The first kappa shape index (κ1) is 7.79. The van der Waals surface area contributed by atoms with Gasteiger partial charge in [-0.3, -0.25) is 0 Å². The Bertz CT molecular complexity index is 237. The number of nitrogen functional groups attached to an aromatic ring is 1. The second-order valence-electron chi connectivity index (χ2n) is 1.85. The van der Waals surface area contributed by atoms with Crippen molar-refractivity contribution in [2.75, 3.05) is 5.73 Å². The molecule has 10 heavy (non-hydrogen) atoms. The van der Waals surface area contributed by atoms with E-state index in [2.05, 4.69) is 28.6 Å². The molecule has 0 aliphatic rings. The van der Waals surface area contributed by atoms with Gasteiger partial charge in [-0.15, -0.1) is 0 Å². The van der Waals surface area contributed by atoms with Crippen LogP contribution in [0.4, 0.5) is 5.69 Å². The van der Waals surface area contributed by atoms with E-state index >= 15 is 0 Å². The third-order valence-electron chi connectivity index (χ3n) is 1.16. The van der Waals surface area contributed by atoms with E-state index in [0.717, 1.165) is 4.46 Å². The summed E-state index contributed by atoms with van der Waals surface area (Å²) in [6.45, 7) is 0. The Morgan fingerprint density at radius 2 is 2.10 bits per heavy atom. The second-order valence-corrected chi connectivity index (χ2v) is 3.22. The molecule has 0 fully saturated rings. The number of phenols is 1. The van der Waals surface area contributed by atoms with Crippen LogP contribution in [0.25, 0.3) is 0 Å². The van der Waals surface area contributed by atoms with Crippen LogP contribution in [0.2, 0.25) is 0 Å². The molecule has 0 saturated heterocycles. The van der Waals surface area contributed by atoms with Crippen molar-refractivity contribution in [2.45, 2.75) is 4.90 Å². The molecule has 0 bridgehead atoms. The van der Waals surface area contributed by atoms with E-state index in [-0.39, 0.29) is 5.75 Å². The maximum absolute atomic E-state index is 9.04. The zero-order valence-electron chi connectivity index (χ0n) is 5.03. The molecule has 1 aromatic rings. The predicted octanol–water partition coefficient (Wildman–Crippen LogP) is 0.0569. The first-order chi connectivity index (χ1) is 4.63. The maximum atomic E-state index is 9.04. The Morgan fingerprint density at radius 1 is 1.50 bits per heavy atom. The summed E-state index contributed by atoms with van der Waals surface area (Å²) < 4.78 is 0.846. The minimum absolute atomic E-state index is 0.0731. The van der Waals surface area contributed by atoms with Gasteiger partial charge in [-0.25, -0.2) is 0 Å². The van der Waals surface area contributed by atoms with Crippen LogP contribution in [0.3, 0.4) is 0 Å². The predicted molar refractivity (Wildman–Crippen MR) is 45.2 cm³/mol. The van der Waals surface area contributed by atoms with Crippen molar-refractivity contribution in [3.8, 4) is 5.75 Å². The molecule has 0 heterocycles. The van der Waals surface area contributed by atoms with Crippen LogP contribution < -0.4 is 10.2 Å². The number of rotatable bonds is 0. The molecule has 0 aromatic heterocycles. The van der Waals surface area contributed by atoms with Crippen molar-refractivity contribution in [1.82, 2.24) is 0 Å². The Hall–Kier alpha value is -0.311. The van der Waals surface area contributed by atoms with Crippen LogP contribution in [-0.4, -0.2) is 21.1 Å². The number of nitrogens with two attached hydrogens (primary N) is 1. The number of phenolic OH excluding ortho intramolecular Hbond substituents is 1. The summed E-state index contributed by atoms with van der Waals surface area (Å²) in [5, 5.41) is 9.04. The molecule has 0 amide bonds. The van der Waals surface area contributed by atoms with Crippen LogP contribution in [0.5, 0.6) is 5.75 Å². The van der Waals surface area contributed by atoms with Crippen molar-refractivity contribution < 1.29 is 5.11 Å². The minimum atomic E-state index is 0.0731. The molecule has 3 N–H and O–H groups in total. The summed E-state index contributed by atoms with van der Waals surface area (Å²) >= 11 is 6.84. The van der Waals surface area contributed by atoms with Gasteiger partial charge in [0.25, 0.3) is 0 Å². The number of benzene rings is 1. The fraction of sp³-hybridized carbons (Fsp3) is 0. The van der Waals surface area contributed by atoms with Crippen molar-refractivity contribution in [1.29, 1.82) is 0 Å². The first-order valence-electron chi connectivity index (χ1n) is 2.60. The van der Waals surface area contributed by atoms with Crippen molar-refractivity contribution >= 4 is 38.8 Å². The van der Waals surface area contributed by atoms with Gasteiger partial charge >= 0.3 is 72.4 Å². The molecule has 2 nitrogen and oxygen atoms in total. The van der Waals surface area contributed by atoms with E-state index in [0.29, 0.717) is 10.6 Å². The molecule has 1 aromatic carbocycles. The Labute approximate surface area is 72.7 Å². The van der Waals surface area contributed by atoms with Gasteiger partial charge in [-0.2, -0.15) is 0 Å². The third-order valence-corrected chi connectivity index (χ3v) is 2.69. The average molecular weight is 219 g/mol. The van der Waals surface area contributed by atoms with E-state index in [9.17, 15) is 0 Å². The number of aromatic hydroxyl groups is 1. The zero-order valence-corrected chi connectivity index (χ0v) is 7.64. The van der Waals surface area contributed by atoms with Crippen LogP contribution in [-0.2, 0) is 0 Å². The molecular weight excluding hydrogens is 213 g/mol. The summed E-state index contributed by atoms with van der Waals surface area (Å²) in [5.74, 6) is 0.0731. The fourth-order valence-corrected chi connectivity index (χ4v) is 1.14. The molecule has 0 saturated carbocycles. The molecule has 0 spiro atoms. The van der Waals surface area contributed by atoms with E-state index < -0.39 is 0 Å². The van der Waals surface area contributed by atoms with Crippen molar-refractivity contribution in [3.63, 3.8) is 0 Å². The molecule has 0 atom stereocenters. The quantitative estimate of drug-likeness (QED) is 0.250. The molecular formula is C6H6NOSSe. The number of hydrogen-bond donors (Lipinski definition) is 3. The van der Waals surface area contributed by atoms with Crippen LogP contribution in [0.15, 0.2) is 17.0 Å². The Kier molecular flexibility index (Phi) is 2.14. The van der Waals surface area contributed by atoms with E-state index in [1.807, 2.05) is 0 Å². The Balaban J connectivity index is 3.34. The van der Waals surface area contributed by atoms with E-state index in [1.165, 1.54) is 6.07 Å². The van der Waals surface area contributed by atoms with Gasteiger partial charge in [0.15, 0.2) is 0 Å². The first-order valence-corrected chi connectivity index (χ1v) is 3.90. The SMILES string of the molecule is Nc1c(O)ccc([Se])c1S. The molecule has 0 unspecified atom stereocenters. The zero-order chi connectivity index (χ0) is 7.72. The van der Waals surface area contributed by atoms with Crippen LogP contribution in [0.1, 0.15) is 0 Å². The summed E-state index contributed by atoms with van der Waals surface area (Å²) in [6, 6.07) is 3.24. The fourth-order valence-electron chi connectivity index (χ4n) is 0.577. The van der Waals surface area contributed by atoms with Gasteiger partial charge in [0.1, 0.15) is 0 Å². The third kappa shape index (κ3) is 1.24. The van der Waals surface area contributed by atoms with E-state index in [4.69, 9.17) is 10.8 Å². The van der Waals surface area contributed by atoms with Crippen LogP contribution in [0, 0.1) is 0 Å². The summed E-state index contributed by atoms with van der Waals surface area (Å²) in [7, 11) is 0. The summed E-state index contributed by atoms with van der Waals surface area (Å²) in [6.07, 6.45) is 0. The normalized spacial score (nSPS) is 9.70. The molecule has 1 rings (SSSR count).